The number of ether oxygens (including phenoxy) is 4. The molecule has 8 nitrogen and oxygen atoms in total. The van der Waals surface area contributed by atoms with Crippen LogP contribution in [0.4, 0.5) is 0 Å². The standard InChI is InChI=1S/C21H26O8/c1-11(2)18(23)27-15-9-21(5)16(29-21)6-7-20(4,25)8-14-17(15)13(19(24)28-14)10-26-12(3)22/h8,15-16,25H,1,6-7,9-10H2,2-5H3/b14-8-/t15-,16+,20-,21+/m0/s1. The Balaban J connectivity index is 2.10. The van der Waals surface area contributed by atoms with E-state index in [4.69, 9.17) is 18.9 Å². The molecule has 0 amide bonds. The number of hydrogen-bond donors (Lipinski definition) is 1. The van der Waals surface area contributed by atoms with Gasteiger partial charge in [-0.25, -0.2) is 9.59 Å². The van der Waals surface area contributed by atoms with Crippen LogP contribution in [-0.2, 0) is 33.3 Å². The maximum absolute atomic E-state index is 12.5. The summed E-state index contributed by atoms with van der Waals surface area (Å²) in [6, 6.07) is 0. The van der Waals surface area contributed by atoms with Gasteiger partial charge in [0.1, 0.15) is 18.5 Å². The van der Waals surface area contributed by atoms with Crippen molar-refractivity contribution < 1.29 is 38.4 Å². The van der Waals surface area contributed by atoms with Gasteiger partial charge in [-0.1, -0.05) is 6.58 Å². The Kier molecular flexibility index (Phi) is 5.44. The molecule has 0 radical (unpaired) electrons. The zero-order valence-corrected chi connectivity index (χ0v) is 17.1. The number of aliphatic hydroxyl groups is 1. The molecule has 1 saturated heterocycles. The minimum atomic E-state index is -1.27. The third-order valence-corrected chi connectivity index (χ3v) is 5.36. The fraction of sp³-hybridized carbons (Fsp3) is 0.571. The van der Waals surface area contributed by atoms with Crippen molar-refractivity contribution in [2.75, 3.05) is 6.61 Å². The first kappa shape index (κ1) is 21.3. The Morgan fingerprint density at radius 1 is 1.34 bits per heavy atom. The average Bonchev–Trinajstić information content (AvgIpc) is 3.13. The molecule has 0 spiro atoms. The number of hydrogen-bond acceptors (Lipinski definition) is 8. The molecule has 1 N–H and O–H groups in total. The Morgan fingerprint density at radius 2 is 2.03 bits per heavy atom. The molecule has 0 aromatic heterocycles. The van der Waals surface area contributed by atoms with E-state index in [1.807, 2.05) is 6.92 Å². The van der Waals surface area contributed by atoms with Crippen LogP contribution < -0.4 is 0 Å². The molecule has 0 bridgehead atoms. The summed E-state index contributed by atoms with van der Waals surface area (Å²) in [5, 5.41) is 10.8. The van der Waals surface area contributed by atoms with Crippen molar-refractivity contribution in [2.24, 2.45) is 0 Å². The van der Waals surface area contributed by atoms with Gasteiger partial charge in [0.15, 0.2) is 0 Å². The highest BCUT2D eigenvalue weighted by molar-refractivity contribution is 5.96. The molecule has 29 heavy (non-hydrogen) atoms. The number of esters is 3. The van der Waals surface area contributed by atoms with Crippen LogP contribution in [0.25, 0.3) is 0 Å². The van der Waals surface area contributed by atoms with Crippen molar-refractivity contribution >= 4 is 17.9 Å². The second-order valence-electron chi connectivity index (χ2n) is 8.26. The molecule has 0 unspecified atom stereocenters. The molecule has 8 heteroatoms. The Morgan fingerprint density at radius 3 is 2.66 bits per heavy atom. The van der Waals surface area contributed by atoms with Crippen LogP contribution in [0.15, 0.2) is 35.1 Å². The minimum absolute atomic E-state index is 0.0724. The van der Waals surface area contributed by atoms with E-state index < -0.39 is 35.2 Å². The van der Waals surface area contributed by atoms with Crippen molar-refractivity contribution in [3.05, 3.63) is 35.1 Å². The van der Waals surface area contributed by atoms with Gasteiger partial charge in [0.25, 0.3) is 0 Å². The van der Waals surface area contributed by atoms with E-state index in [2.05, 4.69) is 6.58 Å². The summed E-state index contributed by atoms with van der Waals surface area (Å²) in [6.45, 7) is 9.51. The summed E-state index contributed by atoms with van der Waals surface area (Å²) in [6.07, 6.45) is 1.72. The van der Waals surface area contributed by atoms with Gasteiger partial charge in [-0.05, 0) is 39.7 Å². The summed E-state index contributed by atoms with van der Waals surface area (Å²) in [5.41, 5.74) is -1.30. The van der Waals surface area contributed by atoms with E-state index in [1.54, 1.807) is 6.92 Å². The number of carbonyl (C=O) groups is 3. The van der Waals surface area contributed by atoms with E-state index in [0.717, 1.165) is 0 Å². The lowest BCUT2D eigenvalue weighted by atomic mass is 9.86. The molecule has 0 aromatic carbocycles. The van der Waals surface area contributed by atoms with Crippen LogP contribution in [0, 0.1) is 0 Å². The number of carbonyl (C=O) groups excluding carboxylic acids is 3. The average molecular weight is 406 g/mol. The second kappa shape index (κ2) is 7.42. The predicted molar refractivity (Wildman–Crippen MR) is 100 cm³/mol. The molecular formula is C21H26O8. The van der Waals surface area contributed by atoms with Gasteiger partial charge >= 0.3 is 17.9 Å². The van der Waals surface area contributed by atoms with Gasteiger partial charge in [-0.15, -0.1) is 0 Å². The summed E-state index contributed by atoms with van der Waals surface area (Å²) in [7, 11) is 0. The zero-order chi connectivity index (χ0) is 21.6. The Labute approximate surface area is 169 Å². The molecule has 1 aliphatic carbocycles. The monoisotopic (exact) mass is 406 g/mol. The van der Waals surface area contributed by atoms with Gasteiger partial charge in [0, 0.05) is 24.5 Å². The van der Waals surface area contributed by atoms with Gasteiger partial charge in [0.05, 0.1) is 22.9 Å². The molecule has 2 heterocycles. The lowest BCUT2D eigenvalue weighted by molar-refractivity contribution is -0.144. The summed E-state index contributed by atoms with van der Waals surface area (Å²) < 4.78 is 21.9. The largest absolute Gasteiger partial charge is 0.461 e. The van der Waals surface area contributed by atoms with E-state index in [-0.39, 0.29) is 41.6 Å². The van der Waals surface area contributed by atoms with Crippen LogP contribution in [0.2, 0.25) is 0 Å². The van der Waals surface area contributed by atoms with E-state index in [1.165, 1.54) is 19.9 Å². The summed E-state index contributed by atoms with van der Waals surface area (Å²) in [4.78, 5) is 36.1. The maximum Gasteiger partial charge on any atom is 0.343 e. The van der Waals surface area contributed by atoms with Gasteiger partial charge in [-0.2, -0.15) is 0 Å². The van der Waals surface area contributed by atoms with Crippen molar-refractivity contribution in [1.29, 1.82) is 0 Å². The first-order chi connectivity index (χ1) is 13.4. The Bertz CT molecular complexity index is 834. The van der Waals surface area contributed by atoms with E-state index in [0.29, 0.717) is 12.8 Å². The molecule has 0 aromatic rings. The number of fused-ring (bicyclic) bond motifs is 2. The van der Waals surface area contributed by atoms with Crippen LogP contribution >= 0.6 is 0 Å². The molecular weight excluding hydrogens is 380 g/mol. The van der Waals surface area contributed by atoms with Crippen molar-refractivity contribution in [1.82, 2.24) is 0 Å². The smallest absolute Gasteiger partial charge is 0.343 e. The molecule has 158 valence electrons. The highest BCUT2D eigenvalue weighted by Crippen LogP contribution is 2.48. The summed E-state index contributed by atoms with van der Waals surface area (Å²) in [5.74, 6) is -1.80. The SMILES string of the molecule is C=C(C)C(=O)O[C@H]1C[C@@]2(C)O[C@@H]2CC[C@](C)(O)/C=C2\OC(=O)C(COC(C)=O)=C21. The van der Waals surface area contributed by atoms with Crippen LogP contribution in [0.1, 0.15) is 47.0 Å². The first-order valence-electron chi connectivity index (χ1n) is 9.50. The Hall–Kier alpha value is -2.45. The van der Waals surface area contributed by atoms with E-state index >= 15 is 0 Å². The van der Waals surface area contributed by atoms with Gasteiger partial charge < -0.3 is 24.1 Å². The van der Waals surface area contributed by atoms with Crippen molar-refractivity contribution in [3.63, 3.8) is 0 Å². The maximum atomic E-state index is 12.5. The first-order valence-corrected chi connectivity index (χ1v) is 9.50. The topological polar surface area (TPSA) is 112 Å². The van der Waals surface area contributed by atoms with Crippen LogP contribution in [-0.4, -0.2) is 53.0 Å². The zero-order valence-electron chi connectivity index (χ0n) is 17.1. The van der Waals surface area contributed by atoms with Crippen molar-refractivity contribution in [2.45, 2.75) is 70.4 Å². The van der Waals surface area contributed by atoms with Crippen LogP contribution in [0.3, 0.4) is 0 Å². The fourth-order valence-electron chi connectivity index (χ4n) is 3.66. The van der Waals surface area contributed by atoms with Gasteiger partial charge in [-0.3, -0.25) is 4.79 Å². The highest BCUT2D eigenvalue weighted by atomic mass is 16.6. The van der Waals surface area contributed by atoms with Gasteiger partial charge in [0.2, 0.25) is 0 Å². The molecule has 1 fully saturated rings. The van der Waals surface area contributed by atoms with Crippen LogP contribution in [0.5, 0.6) is 0 Å². The molecule has 2 aliphatic heterocycles. The third-order valence-electron chi connectivity index (χ3n) is 5.36. The third kappa shape index (κ3) is 4.59. The number of epoxide rings is 1. The fourth-order valence-corrected chi connectivity index (χ4v) is 3.66. The quantitative estimate of drug-likeness (QED) is 0.326. The van der Waals surface area contributed by atoms with E-state index in [9.17, 15) is 19.5 Å². The highest BCUT2D eigenvalue weighted by Gasteiger charge is 2.55. The second-order valence-corrected chi connectivity index (χ2v) is 8.26. The molecule has 3 rings (SSSR count). The number of rotatable bonds is 4. The lowest BCUT2D eigenvalue weighted by Gasteiger charge is -2.26. The normalized spacial score (nSPS) is 35.5. The molecule has 0 saturated carbocycles. The molecule has 3 aliphatic rings. The predicted octanol–water partition coefficient (Wildman–Crippen LogP) is 1.87. The minimum Gasteiger partial charge on any atom is -0.461 e. The lowest BCUT2D eigenvalue weighted by Crippen LogP contribution is -2.31. The molecule has 4 atom stereocenters. The van der Waals surface area contributed by atoms with Crippen molar-refractivity contribution in [3.8, 4) is 0 Å². The summed E-state index contributed by atoms with van der Waals surface area (Å²) >= 11 is 0.